The van der Waals surface area contributed by atoms with Gasteiger partial charge in [0.15, 0.2) is 17.3 Å². The van der Waals surface area contributed by atoms with E-state index >= 15 is 0 Å². The van der Waals surface area contributed by atoms with Gasteiger partial charge in [-0.2, -0.15) is 5.26 Å². The first-order valence-corrected chi connectivity index (χ1v) is 8.45. The number of ether oxygens (including phenoxy) is 2. The second-order valence-corrected chi connectivity index (χ2v) is 6.26. The monoisotopic (exact) mass is 325 g/mol. The predicted octanol–water partition coefficient (Wildman–Crippen LogP) is 3.84. The molecule has 0 N–H and O–H groups in total. The van der Waals surface area contributed by atoms with E-state index in [-0.39, 0.29) is 0 Å². The van der Waals surface area contributed by atoms with Crippen molar-refractivity contribution < 1.29 is 9.47 Å². The number of thiophene rings is 1. The third kappa shape index (κ3) is 2.53. The molecule has 3 aromatic rings. The predicted molar refractivity (Wildman–Crippen MR) is 88.9 cm³/mol. The largest absolute Gasteiger partial charge is 0.486 e. The molecule has 0 spiro atoms. The van der Waals surface area contributed by atoms with E-state index in [1.54, 1.807) is 11.3 Å². The molecule has 0 unspecified atom stereocenters. The van der Waals surface area contributed by atoms with Gasteiger partial charge in [0.05, 0.1) is 22.0 Å². The smallest absolute Gasteiger partial charge is 0.163 e. The minimum Gasteiger partial charge on any atom is -0.486 e. The lowest BCUT2D eigenvalue weighted by Crippen LogP contribution is -2.15. The fraction of sp³-hybridized carbons (Fsp3) is 0.294. The standard InChI is InChI=1S/C17H15N3O2S/c18-5-1-2-6-20-13-11-15-14(21-7-8-22-15)10-12(13)19-17(20)16-4-3-9-23-16/h3-4,9-11H,1-2,6-8H2. The zero-order chi connectivity index (χ0) is 15.6. The van der Waals surface area contributed by atoms with Crippen LogP contribution in [0.25, 0.3) is 21.7 Å². The maximum Gasteiger partial charge on any atom is 0.163 e. The van der Waals surface area contributed by atoms with E-state index in [1.807, 2.05) is 23.6 Å². The van der Waals surface area contributed by atoms with Gasteiger partial charge in [0.2, 0.25) is 0 Å². The Morgan fingerprint density at radius 2 is 2.09 bits per heavy atom. The van der Waals surface area contributed by atoms with Crippen LogP contribution >= 0.6 is 11.3 Å². The molecule has 23 heavy (non-hydrogen) atoms. The Morgan fingerprint density at radius 3 is 2.83 bits per heavy atom. The molecule has 4 rings (SSSR count). The van der Waals surface area contributed by atoms with Crippen molar-refractivity contribution in [3.05, 3.63) is 29.6 Å². The Kier molecular flexibility index (Phi) is 3.64. The number of aryl methyl sites for hydroxylation is 1. The van der Waals surface area contributed by atoms with E-state index in [1.165, 1.54) is 0 Å². The average Bonchev–Trinajstić information content (AvgIpc) is 3.21. The van der Waals surface area contributed by atoms with Gasteiger partial charge >= 0.3 is 0 Å². The van der Waals surface area contributed by atoms with Crippen molar-refractivity contribution in [2.75, 3.05) is 13.2 Å². The molecular formula is C17H15N3O2S. The van der Waals surface area contributed by atoms with E-state index in [0.29, 0.717) is 19.6 Å². The summed E-state index contributed by atoms with van der Waals surface area (Å²) in [7, 11) is 0. The number of nitriles is 1. The Morgan fingerprint density at radius 1 is 1.26 bits per heavy atom. The number of aromatic nitrogens is 2. The van der Waals surface area contributed by atoms with Crippen LogP contribution < -0.4 is 9.47 Å². The van der Waals surface area contributed by atoms with E-state index in [4.69, 9.17) is 19.7 Å². The lowest BCUT2D eigenvalue weighted by Gasteiger charge is -2.18. The van der Waals surface area contributed by atoms with Crippen LogP contribution in [0.2, 0.25) is 0 Å². The van der Waals surface area contributed by atoms with Crippen LogP contribution in [0.5, 0.6) is 11.5 Å². The molecule has 2 aromatic heterocycles. The third-order valence-corrected chi connectivity index (χ3v) is 4.69. The molecule has 6 heteroatoms. The molecule has 0 radical (unpaired) electrons. The van der Waals surface area contributed by atoms with Crippen molar-refractivity contribution in [3.8, 4) is 28.3 Å². The molecule has 0 aliphatic carbocycles. The molecule has 1 aromatic carbocycles. The van der Waals surface area contributed by atoms with Crippen molar-refractivity contribution in [1.82, 2.24) is 9.55 Å². The van der Waals surface area contributed by atoms with Gasteiger partial charge in [-0.25, -0.2) is 4.98 Å². The number of hydrogen-bond donors (Lipinski definition) is 0. The summed E-state index contributed by atoms with van der Waals surface area (Å²) in [5.74, 6) is 2.46. The van der Waals surface area contributed by atoms with Crippen LogP contribution in [-0.4, -0.2) is 22.8 Å². The normalized spacial score (nSPS) is 13.2. The van der Waals surface area contributed by atoms with Gasteiger partial charge in [-0.05, 0) is 17.9 Å². The van der Waals surface area contributed by atoms with Gasteiger partial charge in [-0.3, -0.25) is 0 Å². The summed E-state index contributed by atoms with van der Waals surface area (Å²) in [6.45, 7) is 1.90. The molecule has 1 aliphatic rings. The van der Waals surface area contributed by atoms with Crippen molar-refractivity contribution >= 4 is 22.4 Å². The summed E-state index contributed by atoms with van der Waals surface area (Å²) in [5, 5.41) is 10.9. The quantitative estimate of drug-likeness (QED) is 0.684. The second-order valence-electron chi connectivity index (χ2n) is 5.31. The molecule has 5 nitrogen and oxygen atoms in total. The van der Waals surface area contributed by atoms with Crippen molar-refractivity contribution in [2.45, 2.75) is 19.4 Å². The Bertz CT molecular complexity index is 878. The molecule has 0 fully saturated rings. The first-order valence-electron chi connectivity index (χ1n) is 7.57. The summed E-state index contributed by atoms with van der Waals surface area (Å²) < 4.78 is 13.5. The molecule has 0 saturated carbocycles. The minimum atomic E-state index is 0.536. The molecule has 116 valence electrons. The second kappa shape index (κ2) is 5.94. The van der Waals surface area contributed by atoms with Crippen molar-refractivity contribution in [2.24, 2.45) is 0 Å². The highest BCUT2D eigenvalue weighted by Gasteiger charge is 2.19. The number of fused-ring (bicyclic) bond motifs is 2. The molecular weight excluding hydrogens is 310 g/mol. The average molecular weight is 325 g/mol. The van der Waals surface area contributed by atoms with Crippen LogP contribution in [0.4, 0.5) is 0 Å². The first-order chi connectivity index (χ1) is 11.4. The number of imidazole rings is 1. The zero-order valence-corrected chi connectivity index (χ0v) is 13.3. The van der Waals surface area contributed by atoms with E-state index in [9.17, 15) is 0 Å². The molecule has 1 aliphatic heterocycles. The Balaban J connectivity index is 1.86. The highest BCUT2D eigenvalue weighted by Crippen LogP contribution is 2.37. The lowest BCUT2D eigenvalue weighted by atomic mass is 10.2. The van der Waals surface area contributed by atoms with Gasteiger partial charge in [0.1, 0.15) is 13.2 Å². The van der Waals surface area contributed by atoms with Gasteiger partial charge in [-0.1, -0.05) is 6.07 Å². The van der Waals surface area contributed by atoms with Gasteiger partial charge in [-0.15, -0.1) is 11.3 Å². The van der Waals surface area contributed by atoms with Crippen LogP contribution in [-0.2, 0) is 6.54 Å². The Labute approximate surface area is 137 Å². The summed E-state index contributed by atoms with van der Waals surface area (Å²) in [4.78, 5) is 5.92. The summed E-state index contributed by atoms with van der Waals surface area (Å²) >= 11 is 1.67. The van der Waals surface area contributed by atoms with Crippen molar-refractivity contribution in [1.29, 1.82) is 5.26 Å². The molecule has 0 amide bonds. The zero-order valence-electron chi connectivity index (χ0n) is 12.5. The van der Waals surface area contributed by atoms with Crippen LogP contribution in [0.1, 0.15) is 12.8 Å². The maximum absolute atomic E-state index is 8.81. The fourth-order valence-corrected chi connectivity index (χ4v) is 3.52. The number of hydrogen-bond acceptors (Lipinski definition) is 5. The topological polar surface area (TPSA) is 60.1 Å². The van der Waals surface area contributed by atoms with Crippen molar-refractivity contribution in [3.63, 3.8) is 0 Å². The number of unbranched alkanes of at least 4 members (excludes halogenated alkanes) is 1. The molecule has 3 heterocycles. The van der Waals surface area contributed by atoms with Gasteiger partial charge in [0, 0.05) is 25.1 Å². The van der Waals surface area contributed by atoms with Crippen LogP contribution in [0, 0.1) is 11.3 Å². The first kappa shape index (κ1) is 14.1. The number of rotatable bonds is 4. The number of nitrogens with zero attached hydrogens (tertiary/aromatic N) is 3. The fourth-order valence-electron chi connectivity index (χ4n) is 2.80. The third-order valence-electron chi connectivity index (χ3n) is 3.82. The highest BCUT2D eigenvalue weighted by molar-refractivity contribution is 7.13. The molecule has 0 atom stereocenters. The number of benzene rings is 1. The maximum atomic E-state index is 8.81. The SMILES string of the molecule is N#CCCCn1c(-c2cccs2)nc2cc3c(cc21)OCCO3. The summed E-state index contributed by atoms with van der Waals surface area (Å²) in [6, 6.07) is 10.2. The van der Waals surface area contributed by atoms with Gasteiger partial charge < -0.3 is 14.0 Å². The lowest BCUT2D eigenvalue weighted by molar-refractivity contribution is 0.172. The van der Waals surface area contributed by atoms with Gasteiger partial charge in [0.25, 0.3) is 0 Å². The van der Waals surface area contributed by atoms with Crippen LogP contribution in [0.3, 0.4) is 0 Å². The van der Waals surface area contributed by atoms with E-state index in [0.717, 1.165) is 46.2 Å². The van der Waals surface area contributed by atoms with E-state index in [2.05, 4.69) is 16.7 Å². The highest BCUT2D eigenvalue weighted by atomic mass is 32.1. The molecule has 0 saturated heterocycles. The Hall–Kier alpha value is -2.52. The summed E-state index contributed by atoms with van der Waals surface area (Å²) in [6.07, 6.45) is 1.34. The minimum absolute atomic E-state index is 0.536. The molecule has 0 bridgehead atoms. The van der Waals surface area contributed by atoms with Crippen LogP contribution in [0.15, 0.2) is 29.6 Å². The van der Waals surface area contributed by atoms with E-state index < -0.39 is 0 Å². The summed E-state index contributed by atoms with van der Waals surface area (Å²) in [5.41, 5.74) is 1.92.